The number of aromatic carboxylic acids is 1. The summed E-state index contributed by atoms with van der Waals surface area (Å²) in [5, 5.41) is 14.4. The number of nitrogens with one attached hydrogen (secondary N) is 2. The summed E-state index contributed by atoms with van der Waals surface area (Å²) in [6, 6.07) is 4.05. The molecule has 1 unspecified atom stereocenters. The lowest BCUT2D eigenvalue weighted by molar-refractivity contribution is -0.117. The van der Waals surface area contributed by atoms with Gasteiger partial charge in [0.1, 0.15) is 11.3 Å². The summed E-state index contributed by atoms with van der Waals surface area (Å²) in [7, 11) is 3.06. The minimum Gasteiger partial charge on any atom is -0.496 e. The first-order valence-corrected chi connectivity index (χ1v) is 5.39. The highest BCUT2D eigenvalue weighted by Gasteiger charge is 2.14. The average Bonchev–Trinajstić information content (AvgIpc) is 2.37. The number of rotatable bonds is 5. The second-order valence-corrected chi connectivity index (χ2v) is 3.72. The van der Waals surface area contributed by atoms with Crippen molar-refractivity contribution in [1.29, 1.82) is 0 Å². The Morgan fingerprint density at radius 3 is 2.56 bits per heavy atom. The van der Waals surface area contributed by atoms with Crippen LogP contribution in [0, 0.1) is 0 Å². The van der Waals surface area contributed by atoms with Crippen LogP contribution in [-0.4, -0.2) is 37.2 Å². The summed E-state index contributed by atoms with van der Waals surface area (Å²) in [6.45, 7) is 1.72. The highest BCUT2D eigenvalue weighted by Crippen LogP contribution is 2.23. The standard InChI is InChI=1S/C12H16N2O4/c1-7(13-2)11(15)14-8-4-5-9(12(16)17)10(6-8)18-3/h4-7,13H,1-3H3,(H,14,15)(H,16,17). The summed E-state index contributed by atoms with van der Waals surface area (Å²) in [5.41, 5.74) is 0.543. The van der Waals surface area contributed by atoms with Crippen LogP contribution in [0.3, 0.4) is 0 Å². The van der Waals surface area contributed by atoms with Crippen LogP contribution >= 0.6 is 0 Å². The molecule has 0 aliphatic heterocycles. The number of carbonyl (C=O) groups is 2. The van der Waals surface area contributed by atoms with Gasteiger partial charge in [0, 0.05) is 11.8 Å². The Balaban J connectivity index is 2.92. The van der Waals surface area contributed by atoms with E-state index in [4.69, 9.17) is 9.84 Å². The molecule has 1 aromatic rings. The first-order chi connectivity index (χ1) is 8.49. The molecule has 0 aromatic heterocycles. The van der Waals surface area contributed by atoms with Crippen LogP contribution in [0.25, 0.3) is 0 Å². The molecule has 98 valence electrons. The maximum Gasteiger partial charge on any atom is 0.339 e. The van der Waals surface area contributed by atoms with Crippen LogP contribution in [0.2, 0.25) is 0 Å². The van der Waals surface area contributed by atoms with Crippen LogP contribution < -0.4 is 15.4 Å². The van der Waals surface area contributed by atoms with Gasteiger partial charge in [0.15, 0.2) is 0 Å². The molecule has 0 radical (unpaired) electrons. The highest BCUT2D eigenvalue weighted by atomic mass is 16.5. The summed E-state index contributed by atoms with van der Waals surface area (Å²) in [4.78, 5) is 22.5. The van der Waals surface area contributed by atoms with E-state index in [-0.39, 0.29) is 23.3 Å². The molecule has 1 aromatic carbocycles. The van der Waals surface area contributed by atoms with Gasteiger partial charge in [-0.1, -0.05) is 0 Å². The van der Waals surface area contributed by atoms with Crippen molar-refractivity contribution in [2.24, 2.45) is 0 Å². The Kier molecular flexibility index (Phi) is 4.67. The van der Waals surface area contributed by atoms with Crippen molar-refractivity contribution in [1.82, 2.24) is 5.32 Å². The summed E-state index contributed by atoms with van der Waals surface area (Å²) < 4.78 is 4.97. The molecule has 1 rings (SSSR count). The van der Waals surface area contributed by atoms with Crippen LogP contribution in [-0.2, 0) is 4.79 Å². The van der Waals surface area contributed by atoms with Gasteiger partial charge in [-0.25, -0.2) is 4.79 Å². The molecule has 0 aliphatic carbocycles. The van der Waals surface area contributed by atoms with E-state index in [1.54, 1.807) is 14.0 Å². The number of carboxylic acids is 1. The lowest BCUT2D eigenvalue weighted by Gasteiger charge is -2.12. The van der Waals surface area contributed by atoms with Gasteiger partial charge >= 0.3 is 5.97 Å². The van der Waals surface area contributed by atoms with E-state index in [1.807, 2.05) is 0 Å². The number of carbonyl (C=O) groups excluding carboxylic acids is 1. The van der Waals surface area contributed by atoms with Crippen LogP contribution in [0.5, 0.6) is 5.75 Å². The smallest absolute Gasteiger partial charge is 0.339 e. The lowest BCUT2D eigenvalue weighted by Crippen LogP contribution is -2.35. The SMILES string of the molecule is CNC(C)C(=O)Nc1ccc(C(=O)O)c(OC)c1. The number of methoxy groups -OCH3 is 1. The Morgan fingerprint density at radius 1 is 1.39 bits per heavy atom. The monoisotopic (exact) mass is 252 g/mol. The summed E-state index contributed by atoms with van der Waals surface area (Å²) >= 11 is 0. The van der Waals surface area contributed by atoms with Crippen LogP contribution in [0.4, 0.5) is 5.69 Å². The topological polar surface area (TPSA) is 87.7 Å². The Bertz CT molecular complexity index is 459. The Hall–Kier alpha value is -2.08. The fourth-order valence-electron chi connectivity index (χ4n) is 1.33. The number of hydrogen-bond donors (Lipinski definition) is 3. The molecule has 6 nitrogen and oxygen atoms in total. The molecule has 0 bridgehead atoms. The summed E-state index contributed by atoms with van der Waals surface area (Å²) in [5.74, 6) is -1.08. The van der Waals surface area contributed by atoms with E-state index in [2.05, 4.69) is 10.6 Å². The van der Waals surface area contributed by atoms with Gasteiger partial charge < -0.3 is 20.5 Å². The van der Waals surface area contributed by atoms with Gasteiger partial charge in [0.25, 0.3) is 0 Å². The van der Waals surface area contributed by atoms with Gasteiger partial charge in [-0.05, 0) is 26.1 Å². The quantitative estimate of drug-likeness (QED) is 0.726. The number of benzene rings is 1. The third kappa shape index (κ3) is 3.21. The molecule has 6 heteroatoms. The number of likely N-dealkylation sites (N-methyl/N-ethyl adjacent to an activating group) is 1. The van der Waals surface area contributed by atoms with E-state index in [0.717, 1.165) is 0 Å². The van der Waals surface area contributed by atoms with Crippen molar-refractivity contribution in [3.63, 3.8) is 0 Å². The zero-order chi connectivity index (χ0) is 13.7. The van der Waals surface area contributed by atoms with Crippen LogP contribution in [0.15, 0.2) is 18.2 Å². The normalized spacial score (nSPS) is 11.7. The predicted octanol–water partition coefficient (Wildman–Crippen LogP) is 0.940. The van der Waals surface area contributed by atoms with Crippen molar-refractivity contribution in [3.8, 4) is 5.75 Å². The Morgan fingerprint density at radius 2 is 2.06 bits per heavy atom. The van der Waals surface area contributed by atoms with Crippen molar-refractivity contribution < 1.29 is 19.4 Å². The lowest BCUT2D eigenvalue weighted by atomic mass is 10.1. The molecule has 18 heavy (non-hydrogen) atoms. The first-order valence-electron chi connectivity index (χ1n) is 5.39. The average molecular weight is 252 g/mol. The third-order valence-electron chi connectivity index (χ3n) is 2.53. The zero-order valence-electron chi connectivity index (χ0n) is 10.5. The van der Waals surface area contributed by atoms with Gasteiger partial charge in [-0.2, -0.15) is 0 Å². The molecule has 3 N–H and O–H groups in total. The molecule has 0 saturated carbocycles. The second kappa shape index (κ2) is 6.02. The van der Waals surface area contributed by atoms with E-state index in [0.29, 0.717) is 5.69 Å². The molecular weight excluding hydrogens is 236 g/mol. The Labute approximate surface area is 105 Å². The second-order valence-electron chi connectivity index (χ2n) is 3.72. The minimum absolute atomic E-state index is 0.0529. The predicted molar refractivity (Wildman–Crippen MR) is 67.1 cm³/mol. The highest BCUT2D eigenvalue weighted by molar-refractivity contribution is 5.96. The van der Waals surface area contributed by atoms with E-state index >= 15 is 0 Å². The number of ether oxygens (including phenoxy) is 1. The van der Waals surface area contributed by atoms with E-state index < -0.39 is 5.97 Å². The maximum atomic E-state index is 11.6. The molecule has 0 aliphatic rings. The summed E-state index contributed by atoms with van der Waals surface area (Å²) in [6.07, 6.45) is 0. The van der Waals surface area contributed by atoms with Gasteiger partial charge in [0.2, 0.25) is 5.91 Å². The third-order valence-corrected chi connectivity index (χ3v) is 2.53. The molecule has 0 saturated heterocycles. The maximum absolute atomic E-state index is 11.6. The number of hydrogen-bond acceptors (Lipinski definition) is 4. The van der Waals surface area contributed by atoms with Crippen molar-refractivity contribution in [2.45, 2.75) is 13.0 Å². The fraction of sp³-hybridized carbons (Fsp3) is 0.333. The first kappa shape index (κ1) is 14.0. The largest absolute Gasteiger partial charge is 0.496 e. The minimum atomic E-state index is -1.08. The molecule has 0 heterocycles. The van der Waals surface area contributed by atoms with Gasteiger partial charge in [-0.3, -0.25) is 4.79 Å². The van der Waals surface area contributed by atoms with Crippen molar-refractivity contribution in [3.05, 3.63) is 23.8 Å². The molecule has 1 amide bonds. The number of carboxylic acid groups (broad SMARTS) is 1. The van der Waals surface area contributed by atoms with Gasteiger partial charge in [0.05, 0.1) is 13.2 Å². The van der Waals surface area contributed by atoms with E-state index in [9.17, 15) is 9.59 Å². The molecular formula is C12H16N2O4. The number of anilines is 1. The molecule has 1 atom stereocenters. The van der Waals surface area contributed by atoms with Crippen molar-refractivity contribution >= 4 is 17.6 Å². The van der Waals surface area contributed by atoms with E-state index in [1.165, 1.54) is 25.3 Å². The van der Waals surface area contributed by atoms with Crippen molar-refractivity contribution in [2.75, 3.05) is 19.5 Å². The zero-order valence-corrected chi connectivity index (χ0v) is 10.5. The molecule has 0 spiro atoms. The van der Waals surface area contributed by atoms with Crippen LogP contribution in [0.1, 0.15) is 17.3 Å². The van der Waals surface area contributed by atoms with Gasteiger partial charge in [-0.15, -0.1) is 0 Å². The molecule has 0 fully saturated rings. The fourth-order valence-corrected chi connectivity index (χ4v) is 1.33. The number of amides is 1.